The lowest BCUT2D eigenvalue weighted by molar-refractivity contribution is 0.322. The van der Waals surface area contributed by atoms with Crippen molar-refractivity contribution in [2.45, 2.75) is 19.4 Å². The number of ether oxygens (including phenoxy) is 1. The second kappa shape index (κ2) is 6.55. The first-order valence-electron chi connectivity index (χ1n) is 6.23. The molecule has 0 aliphatic carbocycles. The van der Waals surface area contributed by atoms with E-state index in [1.807, 2.05) is 43.5 Å². The summed E-state index contributed by atoms with van der Waals surface area (Å²) in [6.07, 6.45) is 4.40. The average Bonchev–Trinajstić information content (AvgIpc) is 2.41. The zero-order valence-electron chi connectivity index (χ0n) is 10.8. The second-order valence-corrected chi connectivity index (χ2v) is 4.85. The highest BCUT2D eigenvalue weighted by Crippen LogP contribution is 2.27. The van der Waals surface area contributed by atoms with Crippen LogP contribution in [0.1, 0.15) is 24.1 Å². The van der Waals surface area contributed by atoms with E-state index in [4.69, 9.17) is 22.1 Å². The molecule has 1 unspecified atom stereocenters. The van der Waals surface area contributed by atoms with Crippen molar-refractivity contribution >= 4 is 11.6 Å². The predicted molar refractivity (Wildman–Crippen MR) is 77.5 cm³/mol. The maximum Gasteiger partial charge on any atom is 0.137 e. The summed E-state index contributed by atoms with van der Waals surface area (Å²) in [5.74, 6) is 0.690. The van der Waals surface area contributed by atoms with E-state index in [-0.39, 0.29) is 6.04 Å². The summed E-state index contributed by atoms with van der Waals surface area (Å²) >= 11 is 6.16. The summed E-state index contributed by atoms with van der Waals surface area (Å²) in [6.45, 7) is 2.50. The molecule has 0 saturated heterocycles. The molecule has 100 valence electrons. The normalized spacial score (nSPS) is 12.2. The van der Waals surface area contributed by atoms with Crippen LogP contribution in [0.5, 0.6) is 5.75 Å². The Balaban J connectivity index is 1.93. The SMILES string of the molecule is CC(N)c1ccc(OCCc2cccnc2)c(Cl)c1. The van der Waals surface area contributed by atoms with Gasteiger partial charge in [0, 0.05) is 24.9 Å². The Labute approximate surface area is 118 Å². The van der Waals surface area contributed by atoms with Crippen LogP contribution in [0.2, 0.25) is 5.02 Å². The molecular weight excluding hydrogens is 260 g/mol. The molecule has 0 spiro atoms. The van der Waals surface area contributed by atoms with Gasteiger partial charge in [-0.15, -0.1) is 0 Å². The molecule has 1 heterocycles. The maximum absolute atomic E-state index is 6.16. The van der Waals surface area contributed by atoms with Crippen LogP contribution in [0.15, 0.2) is 42.7 Å². The standard InChI is InChI=1S/C15H17ClN2O/c1-11(17)13-4-5-15(14(16)9-13)19-8-6-12-3-2-7-18-10-12/h2-5,7,9-11H,6,8,17H2,1H3. The Hall–Kier alpha value is -1.58. The van der Waals surface area contributed by atoms with E-state index >= 15 is 0 Å². The molecule has 2 aromatic rings. The van der Waals surface area contributed by atoms with Crippen molar-refractivity contribution in [3.05, 3.63) is 58.9 Å². The summed E-state index contributed by atoms with van der Waals surface area (Å²) in [4.78, 5) is 4.06. The molecule has 0 aliphatic heterocycles. The first-order valence-corrected chi connectivity index (χ1v) is 6.61. The van der Waals surface area contributed by atoms with E-state index in [1.54, 1.807) is 6.20 Å². The minimum atomic E-state index is -0.0260. The van der Waals surface area contributed by atoms with E-state index in [1.165, 1.54) is 0 Å². The third-order valence-electron chi connectivity index (χ3n) is 2.85. The van der Waals surface area contributed by atoms with Gasteiger partial charge in [-0.3, -0.25) is 4.98 Å². The van der Waals surface area contributed by atoms with Gasteiger partial charge in [0.05, 0.1) is 11.6 Å². The fourth-order valence-electron chi connectivity index (χ4n) is 1.74. The fraction of sp³-hybridized carbons (Fsp3) is 0.267. The van der Waals surface area contributed by atoms with Crippen LogP contribution < -0.4 is 10.5 Å². The monoisotopic (exact) mass is 276 g/mol. The lowest BCUT2D eigenvalue weighted by atomic mass is 10.1. The van der Waals surface area contributed by atoms with E-state index in [9.17, 15) is 0 Å². The van der Waals surface area contributed by atoms with Crippen LogP contribution in [0.25, 0.3) is 0 Å². The molecule has 0 amide bonds. The lowest BCUT2D eigenvalue weighted by Crippen LogP contribution is -2.06. The van der Waals surface area contributed by atoms with E-state index < -0.39 is 0 Å². The van der Waals surface area contributed by atoms with Gasteiger partial charge in [0.1, 0.15) is 5.75 Å². The number of halogens is 1. The van der Waals surface area contributed by atoms with Gasteiger partial charge in [-0.05, 0) is 36.2 Å². The number of nitrogens with zero attached hydrogens (tertiary/aromatic N) is 1. The molecule has 1 atom stereocenters. The zero-order chi connectivity index (χ0) is 13.7. The summed E-state index contributed by atoms with van der Waals surface area (Å²) in [6, 6.07) is 9.57. The average molecular weight is 277 g/mol. The highest BCUT2D eigenvalue weighted by Gasteiger charge is 2.06. The number of hydrogen-bond acceptors (Lipinski definition) is 3. The number of benzene rings is 1. The number of nitrogens with two attached hydrogens (primary N) is 1. The first kappa shape index (κ1) is 13.8. The van der Waals surface area contributed by atoms with Gasteiger partial charge in [0.15, 0.2) is 0 Å². The Bertz CT molecular complexity index is 529. The molecular formula is C15H17ClN2O. The van der Waals surface area contributed by atoms with E-state index in [0.717, 1.165) is 17.5 Å². The van der Waals surface area contributed by atoms with Gasteiger partial charge in [0.2, 0.25) is 0 Å². The Kier molecular flexibility index (Phi) is 4.77. The molecule has 4 heteroatoms. The molecule has 1 aromatic carbocycles. The van der Waals surface area contributed by atoms with Gasteiger partial charge in [-0.2, -0.15) is 0 Å². The topological polar surface area (TPSA) is 48.1 Å². The Morgan fingerprint density at radius 1 is 1.37 bits per heavy atom. The summed E-state index contributed by atoms with van der Waals surface area (Å²) in [5.41, 5.74) is 7.95. The Morgan fingerprint density at radius 3 is 2.84 bits per heavy atom. The van der Waals surface area contributed by atoms with Gasteiger partial charge < -0.3 is 10.5 Å². The molecule has 19 heavy (non-hydrogen) atoms. The maximum atomic E-state index is 6.16. The number of pyridine rings is 1. The van der Waals surface area contributed by atoms with Gasteiger partial charge >= 0.3 is 0 Å². The van der Waals surface area contributed by atoms with Gasteiger partial charge in [-0.1, -0.05) is 23.7 Å². The van der Waals surface area contributed by atoms with Crippen LogP contribution in [-0.4, -0.2) is 11.6 Å². The zero-order valence-corrected chi connectivity index (χ0v) is 11.6. The lowest BCUT2D eigenvalue weighted by Gasteiger charge is -2.11. The van der Waals surface area contributed by atoms with Crippen LogP contribution in [-0.2, 0) is 6.42 Å². The largest absolute Gasteiger partial charge is 0.492 e. The third kappa shape index (κ3) is 3.94. The molecule has 3 nitrogen and oxygen atoms in total. The third-order valence-corrected chi connectivity index (χ3v) is 3.15. The summed E-state index contributed by atoms with van der Waals surface area (Å²) < 4.78 is 5.67. The van der Waals surface area contributed by atoms with Crippen molar-refractivity contribution in [1.29, 1.82) is 0 Å². The van der Waals surface area contributed by atoms with E-state index in [2.05, 4.69) is 4.98 Å². The minimum Gasteiger partial charge on any atom is -0.492 e. The molecule has 0 bridgehead atoms. The minimum absolute atomic E-state index is 0.0260. The van der Waals surface area contributed by atoms with E-state index in [0.29, 0.717) is 17.4 Å². The van der Waals surface area contributed by atoms with Crippen LogP contribution in [0.3, 0.4) is 0 Å². The van der Waals surface area contributed by atoms with Crippen molar-refractivity contribution < 1.29 is 4.74 Å². The Morgan fingerprint density at radius 2 is 2.21 bits per heavy atom. The predicted octanol–water partition coefficient (Wildman–Crippen LogP) is 3.38. The first-order chi connectivity index (χ1) is 9.16. The van der Waals surface area contributed by atoms with Crippen molar-refractivity contribution in [2.75, 3.05) is 6.61 Å². The molecule has 0 aliphatic rings. The molecule has 1 aromatic heterocycles. The summed E-state index contributed by atoms with van der Waals surface area (Å²) in [5, 5.41) is 0.598. The number of rotatable bonds is 5. The van der Waals surface area contributed by atoms with Gasteiger partial charge in [0.25, 0.3) is 0 Å². The summed E-state index contributed by atoms with van der Waals surface area (Å²) in [7, 11) is 0. The van der Waals surface area contributed by atoms with Crippen molar-refractivity contribution in [1.82, 2.24) is 4.98 Å². The molecule has 0 saturated carbocycles. The van der Waals surface area contributed by atoms with Crippen molar-refractivity contribution in [2.24, 2.45) is 5.73 Å². The quantitative estimate of drug-likeness (QED) is 0.911. The highest BCUT2D eigenvalue weighted by atomic mass is 35.5. The van der Waals surface area contributed by atoms with Crippen molar-refractivity contribution in [3.63, 3.8) is 0 Å². The number of hydrogen-bond donors (Lipinski definition) is 1. The smallest absolute Gasteiger partial charge is 0.137 e. The van der Waals surface area contributed by atoms with Crippen LogP contribution >= 0.6 is 11.6 Å². The number of aromatic nitrogens is 1. The van der Waals surface area contributed by atoms with Crippen LogP contribution in [0, 0.1) is 0 Å². The van der Waals surface area contributed by atoms with Crippen molar-refractivity contribution in [3.8, 4) is 5.75 Å². The van der Waals surface area contributed by atoms with Crippen LogP contribution in [0.4, 0.5) is 0 Å². The second-order valence-electron chi connectivity index (χ2n) is 4.44. The molecule has 0 fully saturated rings. The highest BCUT2D eigenvalue weighted by molar-refractivity contribution is 6.32. The molecule has 2 rings (SSSR count). The fourth-order valence-corrected chi connectivity index (χ4v) is 1.99. The molecule has 2 N–H and O–H groups in total. The van der Waals surface area contributed by atoms with Gasteiger partial charge in [-0.25, -0.2) is 0 Å². The molecule has 0 radical (unpaired) electrons.